The summed E-state index contributed by atoms with van der Waals surface area (Å²) in [7, 11) is 0. The van der Waals surface area contributed by atoms with E-state index in [-0.39, 0.29) is 11.9 Å². The van der Waals surface area contributed by atoms with Crippen LogP contribution in [0.15, 0.2) is 31.1 Å². The van der Waals surface area contributed by atoms with E-state index in [1.807, 2.05) is 23.9 Å². The lowest BCUT2D eigenvalue weighted by Gasteiger charge is -2.13. The monoisotopic (exact) mass is 236 g/mol. The summed E-state index contributed by atoms with van der Waals surface area (Å²) < 4.78 is 1.88. The minimum Gasteiger partial charge on any atom is -0.351 e. The van der Waals surface area contributed by atoms with Crippen molar-refractivity contribution in [1.82, 2.24) is 20.4 Å². The van der Waals surface area contributed by atoms with Crippen LogP contribution < -0.4 is 10.6 Å². The Morgan fingerprint density at radius 3 is 3.12 bits per heavy atom. The van der Waals surface area contributed by atoms with E-state index in [0.717, 1.165) is 19.5 Å². The Hall–Kier alpha value is -1.62. The molecule has 0 radical (unpaired) electrons. The first-order valence-corrected chi connectivity index (χ1v) is 5.83. The van der Waals surface area contributed by atoms with Gasteiger partial charge < -0.3 is 10.6 Å². The number of amides is 1. The van der Waals surface area contributed by atoms with E-state index in [1.165, 1.54) is 0 Å². The van der Waals surface area contributed by atoms with Crippen molar-refractivity contribution >= 4 is 5.91 Å². The molecule has 1 rings (SSSR count). The lowest BCUT2D eigenvalue weighted by Crippen LogP contribution is -2.42. The summed E-state index contributed by atoms with van der Waals surface area (Å²) in [5, 5.41) is 10.0. The van der Waals surface area contributed by atoms with Crippen LogP contribution in [0.1, 0.15) is 13.3 Å². The van der Waals surface area contributed by atoms with Crippen LogP contribution in [0.4, 0.5) is 0 Å². The largest absolute Gasteiger partial charge is 0.351 e. The van der Waals surface area contributed by atoms with Gasteiger partial charge in [-0.25, -0.2) is 0 Å². The second-order valence-electron chi connectivity index (χ2n) is 3.83. The molecule has 1 aromatic heterocycles. The molecule has 0 aliphatic carbocycles. The average Bonchev–Trinajstić information content (AvgIpc) is 2.84. The number of carbonyl (C=O) groups excluding carboxylic acids is 1. The van der Waals surface area contributed by atoms with Crippen LogP contribution in [0.2, 0.25) is 0 Å². The highest BCUT2D eigenvalue weighted by atomic mass is 16.2. The molecule has 0 saturated carbocycles. The Labute approximate surface area is 102 Å². The molecule has 17 heavy (non-hydrogen) atoms. The number of nitrogens with zero attached hydrogens (tertiary/aromatic N) is 2. The van der Waals surface area contributed by atoms with Crippen LogP contribution in [0.3, 0.4) is 0 Å². The Kier molecular flexibility index (Phi) is 6.03. The Morgan fingerprint density at radius 2 is 2.47 bits per heavy atom. The molecule has 5 heteroatoms. The van der Waals surface area contributed by atoms with Crippen molar-refractivity contribution in [3.05, 3.63) is 31.1 Å². The zero-order valence-electron chi connectivity index (χ0n) is 10.2. The van der Waals surface area contributed by atoms with E-state index < -0.39 is 0 Å². The molecule has 0 bridgehead atoms. The van der Waals surface area contributed by atoms with Gasteiger partial charge in [0.1, 0.15) is 0 Å². The van der Waals surface area contributed by atoms with E-state index in [2.05, 4.69) is 22.3 Å². The van der Waals surface area contributed by atoms with Crippen molar-refractivity contribution < 1.29 is 4.79 Å². The Balaban J connectivity index is 2.09. The van der Waals surface area contributed by atoms with Crippen molar-refractivity contribution in [2.24, 2.45) is 0 Å². The van der Waals surface area contributed by atoms with Gasteiger partial charge in [-0.3, -0.25) is 9.48 Å². The van der Waals surface area contributed by atoms with Gasteiger partial charge in [0, 0.05) is 25.5 Å². The zero-order chi connectivity index (χ0) is 12.5. The first kappa shape index (κ1) is 13.4. The second kappa shape index (κ2) is 7.62. The van der Waals surface area contributed by atoms with Crippen molar-refractivity contribution in [3.63, 3.8) is 0 Å². The van der Waals surface area contributed by atoms with E-state index in [1.54, 1.807) is 12.3 Å². The van der Waals surface area contributed by atoms with Crippen LogP contribution in [0.25, 0.3) is 0 Å². The normalized spacial score (nSPS) is 12.1. The van der Waals surface area contributed by atoms with Crippen molar-refractivity contribution in [2.75, 3.05) is 13.1 Å². The van der Waals surface area contributed by atoms with Gasteiger partial charge in [-0.05, 0) is 26.0 Å². The van der Waals surface area contributed by atoms with Crippen LogP contribution in [-0.2, 0) is 11.3 Å². The molecule has 1 atom stereocenters. The predicted molar refractivity (Wildman–Crippen MR) is 67.5 cm³/mol. The number of aromatic nitrogens is 2. The van der Waals surface area contributed by atoms with E-state index in [9.17, 15) is 4.79 Å². The van der Waals surface area contributed by atoms with Crippen LogP contribution in [0, 0.1) is 0 Å². The summed E-state index contributed by atoms with van der Waals surface area (Å²) in [4.78, 5) is 11.5. The maximum Gasteiger partial charge on any atom is 0.237 e. The standard InChI is InChI=1S/C12H20N4O/c1-3-6-14-12(17)11(2)13-7-4-9-16-10-5-8-15-16/h3,5,8,10-11,13H,1,4,6-7,9H2,2H3,(H,14,17). The van der Waals surface area contributed by atoms with Gasteiger partial charge in [0.25, 0.3) is 0 Å². The molecule has 5 nitrogen and oxygen atoms in total. The third kappa shape index (κ3) is 5.31. The fourth-order valence-corrected chi connectivity index (χ4v) is 1.41. The molecular formula is C12H20N4O. The highest BCUT2D eigenvalue weighted by Crippen LogP contribution is 1.89. The number of rotatable bonds is 8. The third-order valence-corrected chi connectivity index (χ3v) is 2.39. The quantitative estimate of drug-likeness (QED) is 0.512. The maximum atomic E-state index is 11.5. The fourth-order valence-electron chi connectivity index (χ4n) is 1.41. The SMILES string of the molecule is C=CCNC(=O)C(C)NCCCn1cccn1. The van der Waals surface area contributed by atoms with E-state index in [4.69, 9.17) is 0 Å². The summed E-state index contributed by atoms with van der Waals surface area (Å²) in [6.45, 7) is 7.57. The average molecular weight is 236 g/mol. The van der Waals surface area contributed by atoms with Crippen molar-refractivity contribution in [3.8, 4) is 0 Å². The van der Waals surface area contributed by atoms with Crippen LogP contribution in [-0.4, -0.2) is 34.8 Å². The lowest BCUT2D eigenvalue weighted by atomic mass is 10.3. The molecule has 0 aliphatic heterocycles. The highest BCUT2D eigenvalue weighted by molar-refractivity contribution is 5.81. The summed E-state index contributed by atoms with van der Waals surface area (Å²) in [5.74, 6) is 0.00369. The molecule has 0 spiro atoms. The van der Waals surface area contributed by atoms with Gasteiger partial charge in [0.15, 0.2) is 0 Å². The first-order valence-electron chi connectivity index (χ1n) is 5.83. The predicted octanol–water partition coefficient (Wildman–Crippen LogP) is 0.553. The molecule has 94 valence electrons. The zero-order valence-corrected chi connectivity index (χ0v) is 10.2. The van der Waals surface area contributed by atoms with Crippen molar-refractivity contribution in [1.29, 1.82) is 0 Å². The minimum atomic E-state index is -0.174. The van der Waals surface area contributed by atoms with Crippen LogP contribution in [0.5, 0.6) is 0 Å². The molecule has 1 heterocycles. The maximum absolute atomic E-state index is 11.5. The first-order chi connectivity index (χ1) is 8.24. The van der Waals surface area contributed by atoms with Gasteiger partial charge in [0.05, 0.1) is 6.04 Å². The number of carbonyl (C=O) groups is 1. The summed E-state index contributed by atoms with van der Waals surface area (Å²) in [5.41, 5.74) is 0. The third-order valence-electron chi connectivity index (χ3n) is 2.39. The molecule has 0 aromatic carbocycles. The number of aryl methyl sites for hydroxylation is 1. The molecule has 0 aliphatic rings. The molecule has 1 amide bonds. The lowest BCUT2D eigenvalue weighted by molar-refractivity contribution is -0.122. The summed E-state index contributed by atoms with van der Waals surface area (Å²) >= 11 is 0. The summed E-state index contributed by atoms with van der Waals surface area (Å²) in [6, 6.07) is 1.73. The Morgan fingerprint density at radius 1 is 1.65 bits per heavy atom. The van der Waals surface area contributed by atoms with E-state index in [0.29, 0.717) is 6.54 Å². The second-order valence-corrected chi connectivity index (χ2v) is 3.83. The number of hydrogen-bond donors (Lipinski definition) is 2. The molecule has 0 fully saturated rings. The minimum absolute atomic E-state index is 0.00369. The van der Waals surface area contributed by atoms with Gasteiger partial charge >= 0.3 is 0 Å². The topological polar surface area (TPSA) is 59.0 Å². The molecular weight excluding hydrogens is 216 g/mol. The number of nitrogens with one attached hydrogen (secondary N) is 2. The molecule has 0 saturated heterocycles. The Bertz CT molecular complexity index is 334. The molecule has 2 N–H and O–H groups in total. The highest BCUT2D eigenvalue weighted by Gasteiger charge is 2.09. The van der Waals surface area contributed by atoms with Crippen LogP contribution >= 0.6 is 0 Å². The van der Waals surface area contributed by atoms with Gasteiger partial charge in [0.2, 0.25) is 5.91 Å². The fraction of sp³-hybridized carbons (Fsp3) is 0.500. The van der Waals surface area contributed by atoms with E-state index >= 15 is 0 Å². The van der Waals surface area contributed by atoms with Gasteiger partial charge in [-0.15, -0.1) is 6.58 Å². The van der Waals surface area contributed by atoms with Gasteiger partial charge in [-0.2, -0.15) is 5.10 Å². The summed E-state index contributed by atoms with van der Waals surface area (Å²) in [6.07, 6.45) is 6.31. The van der Waals surface area contributed by atoms with Crippen molar-refractivity contribution in [2.45, 2.75) is 25.9 Å². The molecule has 1 aromatic rings. The smallest absolute Gasteiger partial charge is 0.237 e. The molecule has 1 unspecified atom stereocenters. The number of hydrogen-bond acceptors (Lipinski definition) is 3. The van der Waals surface area contributed by atoms with Gasteiger partial charge in [-0.1, -0.05) is 6.08 Å².